The molecule has 0 saturated heterocycles. The lowest BCUT2D eigenvalue weighted by Crippen LogP contribution is -2.29. The Morgan fingerprint density at radius 1 is 1.15 bits per heavy atom. The number of H-pyrrole nitrogens is 1. The zero-order chi connectivity index (χ0) is 18.7. The lowest BCUT2D eigenvalue weighted by atomic mass is 9.94. The quantitative estimate of drug-likeness (QED) is 0.592. The number of aliphatic hydroxyl groups excluding tert-OH is 1. The van der Waals surface area contributed by atoms with Crippen molar-refractivity contribution in [2.24, 2.45) is 0 Å². The summed E-state index contributed by atoms with van der Waals surface area (Å²) in [7, 11) is -3.91. The van der Waals surface area contributed by atoms with Gasteiger partial charge in [-0.15, -0.1) is 0 Å². The van der Waals surface area contributed by atoms with E-state index in [0.29, 0.717) is 11.9 Å². The predicted octanol–water partition coefficient (Wildman–Crippen LogP) is 3.14. The first-order chi connectivity index (χ1) is 12.4. The second-order valence-electron chi connectivity index (χ2n) is 6.36. The van der Waals surface area contributed by atoms with Gasteiger partial charge in [0.05, 0.1) is 11.5 Å². The van der Waals surface area contributed by atoms with Crippen molar-refractivity contribution in [3.8, 4) is 0 Å². The fourth-order valence-corrected chi connectivity index (χ4v) is 4.35. The molecule has 0 spiro atoms. The van der Waals surface area contributed by atoms with Gasteiger partial charge in [0.1, 0.15) is 10.7 Å². The number of sulfonamides is 1. The van der Waals surface area contributed by atoms with Gasteiger partial charge in [0, 0.05) is 18.3 Å². The van der Waals surface area contributed by atoms with Crippen molar-refractivity contribution >= 4 is 20.9 Å². The van der Waals surface area contributed by atoms with Crippen LogP contribution >= 0.6 is 0 Å². The first-order valence-corrected chi connectivity index (χ1v) is 9.85. The number of fused-ring (bicyclic) bond motifs is 1. The summed E-state index contributed by atoms with van der Waals surface area (Å²) in [6.45, 7) is 1.78. The van der Waals surface area contributed by atoms with Crippen LogP contribution in [0.25, 0.3) is 10.9 Å². The fraction of sp³-hybridized carbons (Fsp3) is 0.263. The van der Waals surface area contributed by atoms with Gasteiger partial charge in [-0.25, -0.2) is 17.5 Å². The van der Waals surface area contributed by atoms with Gasteiger partial charge in [-0.1, -0.05) is 36.4 Å². The first-order valence-electron chi connectivity index (χ1n) is 8.37. The molecule has 0 radical (unpaired) electrons. The summed E-state index contributed by atoms with van der Waals surface area (Å²) < 4.78 is 42.1. The van der Waals surface area contributed by atoms with Crippen LogP contribution in [0.15, 0.2) is 59.6 Å². The molecule has 1 heterocycles. The van der Waals surface area contributed by atoms with Crippen LogP contribution in [0, 0.1) is 5.82 Å². The van der Waals surface area contributed by atoms with Crippen molar-refractivity contribution in [3.05, 3.63) is 66.1 Å². The minimum Gasteiger partial charge on any atom is -0.393 e. The number of hydrogen-bond donors (Lipinski definition) is 3. The highest BCUT2D eigenvalue weighted by Crippen LogP contribution is 2.26. The lowest BCUT2D eigenvalue weighted by molar-refractivity contribution is 0.174. The normalized spacial score (nSPS) is 14.4. The van der Waals surface area contributed by atoms with Crippen molar-refractivity contribution in [3.63, 3.8) is 0 Å². The fourth-order valence-electron chi connectivity index (χ4n) is 3.08. The molecule has 138 valence electrons. The zero-order valence-corrected chi connectivity index (χ0v) is 15.1. The second kappa shape index (κ2) is 7.57. The molecule has 3 aromatic rings. The van der Waals surface area contributed by atoms with E-state index < -0.39 is 21.9 Å². The summed E-state index contributed by atoms with van der Waals surface area (Å²) in [5.41, 5.74) is 1.36. The van der Waals surface area contributed by atoms with Crippen LogP contribution in [0.2, 0.25) is 0 Å². The van der Waals surface area contributed by atoms with Crippen LogP contribution in [-0.2, 0) is 10.0 Å². The second-order valence-corrected chi connectivity index (χ2v) is 8.09. The first kappa shape index (κ1) is 18.6. The summed E-state index contributed by atoms with van der Waals surface area (Å²) in [5.74, 6) is -0.784. The molecular weight excluding hydrogens is 355 g/mol. The highest BCUT2D eigenvalue weighted by molar-refractivity contribution is 7.89. The molecule has 2 aromatic carbocycles. The maximum absolute atomic E-state index is 14.1. The number of rotatable bonds is 7. The number of aliphatic hydroxyl groups is 1. The number of benzene rings is 2. The van der Waals surface area contributed by atoms with E-state index in [1.807, 2.05) is 30.3 Å². The van der Waals surface area contributed by atoms with E-state index in [-0.39, 0.29) is 22.7 Å². The monoisotopic (exact) mass is 376 g/mol. The van der Waals surface area contributed by atoms with Crippen LogP contribution < -0.4 is 4.72 Å². The highest BCUT2D eigenvalue weighted by Gasteiger charge is 2.23. The summed E-state index contributed by atoms with van der Waals surface area (Å²) >= 11 is 0. The Morgan fingerprint density at radius 2 is 1.88 bits per heavy atom. The van der Waals surface area contributed by atoms with E-state index >= 15 is 0 Å². The molecule has 0 bridgehead atoms. The number of hydrogen-bond acceptors (Lipinski definition) is 3. The topological polar surface area (TPSA) is 82.2 Å². The molecule has 2 atom stereocenters. The Balaban J connectivity index is 1.86. The van der Waals surface area contributed by atoms with Gasteiger partial charge < -0.3 is 10.1 Å². The standard InChI is InChI=1S/C19H21FN2O3S/c1-13(23)10-15(14-6-3-2-4-7-14)11-22-26(24,25)18-12-21-17-9-5-8-16(20)19(17)18/h2-9,12-13,15,21-23H,10-11H2,1H3/t13-,15+/m0/s1. The molecule has 0 amide bonds. The minimum atomic E-state index is -3.91. The molecule has 0 fully saturated rings. The van der Waals surface area contributed by atoms with Gasteiger partial charge in [0.25, 0.3) is 0 Å². The number of aromatic nitrogens is 1. The number of aromatic amines is 1. The van der Waals surface area contributed by atoms with Crippen LogP contribution in [0.5, 0.6) is 0 Å². The maximum Gasteiger partial charge on any atom is 0.242 e. The van der Waals surface area contributed by atoms with Gasteiger partial charge in [-0.05, 0) is 37.0 Å². The number of nitrogens with one attached hydrogen (secondary N) is 2. The summed E-state index contributed by atoms with van der Waals surface area (Å²) in [6, 6.07) is 13.8. The molecule has 1 aromatic heterocycles. The van der Waals surface area contributed by atoms with Gasteiger partial charge in [0.2, 0.25) is 10.0 Å². The van der Waals surface area contributed by atoms with Crippen LogP contribution in [0.4, 0.5) is 4.39 Å². The molecule has 0 aliphatic heterocycles. The van der Waals surface area contributed by atoms with Gasteiger partial charge >= 0.3 is 0 Å². The van der Waals surface area contributed by atoms with Crippen molar-refractivity contribution in [1.29, 1.82) is 0 Å². The third-order valence-electron chi connectivity index (χ3n) is 4.32. The minimum absolute atomic E-state index is 0.0480. The molecule has 0 unspecified atom stereocenters. The van der Waals surface area contributed by atoms with Crippen LogP contribution in [-0.4, -0.2) is 31.2 Å². The highest BCUT2D eigenvalue weighted by atomic mass is 32.2. The van der Waals surface area contributed by atoms with Crippen molar-refractivity contribution in [2.45, 2.75) is 30.3 Å². The van der Waals surface area contributed by atoms with E-state index in [1.165, 1.54) is 18.3 Å². The lowest BCUT2D eigenvalue weighted by Gasteiger charge is -2.19. The van der Waals surface area contributed by atoms with E-state index in [4.69, 9.17) is 0 Å². The average Bonchev–Trinajstić information content (AvgIpc) is 3.05. The van der Waals surface area contributed by atoms with Crippen LogP contribution in [0.3, 0.4) is 0 Å². The average molecular weight is 376 g/mol. The largest absolute Gasteiger partial charge is 0.393 e. The summed E-state index contributed by atoms with van der Waals surface area (Å²) in [5, 5.41) is 9.79. The SMILES string of the molecule is C[C@H](O)C[C@H](CNS(=O)(=O)c1c[nH]c2cccc(F)c12)c1ccccc1. The van der Waals surface area contributed by atoms with Crippen LogP contribution in [0.1, 0.15) is 24.8 Å². The third-order valence-corrected chi connectivity index (χ3v) is 5.77. The molecule has 7 heteroatoms. The van der Waals surface area contributed by atoms with Gasteiger partial charge in [-0.3, -0.25) is 0 Å². The predicted molar refractivity (Wildman–Crippen MR) is 98.9 cm³/mol. The summed E-state index contributed by atoms with van der Waals surface area (Å²) in [4.78, 5) is 2.67. The van der Waals surface area contributed by atoms with E-state index in [2.05, 4.69) is 9.71 Å². The molecule has 0 aliphatic rings. The Labute approximate surface area is 151 Å². The van der Waals surface area contributed by atoms with Crippen molar-refractivity contribution in [2.75, 3.05) is 6.54 Å². The molecule has 3 rings (SSSR count). The van der Waals surface area contributed by atoms with Crippen molar-refractivity contribution in [1.82, 2.24) is 9.71 Å². The molecular formula is C19H21FN2O3S. The van der Waals surface area contributed by atoms with Crippen molar-refractivity contribution < 1.29 is 17.9 Å². The van der Waals surface area contributed by atoms with Gasteiger partial charge in [-0.2, -0.15) is 0 Å². The molecule has 0 aliphatic carbocycles. The smallest absolute Gasteiger partial charge is 0.242 e. The van der Waals surface area contributed by atoms with E-state index in [9.17, 15) is 17.9 Å². The van der Waals surface area contributed by atoms with E-state index in [1.54, 1.807) is 13.0 Å². The number of halogens is 1. The molecule has 26 heavy (non-hydrogen) atoms. The molecule has 0 saturated carbocycles. The molecule has 5 nitrogen and oxygen atoms in total. The Kier molecular flexibility index (Phi) is 5.41. The maximum atomic E-state index is 14.1. The zero-order valence-electron chi connectivity index (χ0n) is 14.3. The Morgan fingerprint density at radius 3 is 2.58 bits per heavy atom. The Bertz CT molecular complexity index is 984. The van der Waals surface area contributed by atoms with Gasteiger partial charge in [0.15, 0.2) is 0 Å². The molecule has 3 N–H and O–H groups in total. The summed E-state index contributed by atoms with van der Waals surface area (Å²) in [6.07, 6.45) is 1.13. The van der Waals surface area contributed by atoms with E-state index in [0.717, 1.165) is 5.56 Å². The Hall–Kier alpha value is -2.22. The third kappa shape index (κ3) is 3.95.